The molecule has 144 valence electrons. The second-order valence-electron chi connectivity index (χ2n) is 6.85. The molecule has 0 aliphatic carbocycles. The maximum atomic E-state index is 12.8. The molecule has 1 N–H and O–H groups in total. The number of nitrogens with zero attached hydrogens (tertiary/aromatic N) is 1. The Labute approximate surface area is 160 Å². The molecule has 0 saturated carbocycles. The van der Waals surface area contributed by atoms with Crippen LogP contribution in [0.15, 0.2) is 47.4 Å². The number of carbonyl (C=O) groups is 1. The zero-order chi connectivity index (χ0) is 19.6. The molecule has 0 bridgehead atoms. The van der Waals surface area contributed by atoms with E-state index in [0.717, 1.165) is 11.3 Å². The summed E-state index contributed by atoms with van der Waals surface area (Å²) in [6.45, 7) is 5.87. The minimum Gasteiger partial charge on any atom is -0.365 e. The van der Waals surface area contributed by atoms with Gasteiger partial charge in [-0.1, -0.05) is 35.9 Å². The van der Waals surface area contributed by atoms with Crippen LogP contribution >= 0.6 is 0 Å². The van der Waals surface area contributed by atoms with E-state index < -0.39 is 16.1 Å². The van der Waals surface area contributed by atoms with Gasteiger partial charge in [0, 0.05) is 12.2 Å². The molecule has 0 aromatic heterocycles. The molecule has 7 heteroatoms. The van der Waals surface area contributed by atoms with E-state index in [2.05, 4.69) is 4.72 Å². The van der Waals surface area contributed by atoms with Gasteiger partial charge in [-0.05, 0) is 44.0 Å². The third-order valence-electron chi connectivity index (χ3n) is 4.57. The van der Waals surface area contributed by atoms with Crippen LogP contribution in [-0.2, 0) is 19.6 Å². The number of hydrogen-bond acceptors (Lipinski definition) is 4. The molecule has 2 aromatic carbocycles. The Bertz CT molecular complexity index is 919. The van der Waals surface area contributed by atoms with Crippen LogP contribution < -0.4 is 9.62 Å². The minimum atomic E-state index is -3.67. The number of carbonyl (C=O) groups excluding carboxylic acids is 1. The van der Waals surface area contributed by atoms with Gasteiger partial charge in [0.15, 0.2) is 0 Å². The quantitative estimate of drug-likeness (QED) is 0.853. The van der Waals surface area contributed by atoms with Crippen LogP contribution in [0.4, 0.5) is 5.69 Å². The van der Waals surface area contributed by atoms with Gasteiger partial charge in [0.2, 0.25) is 10.0 Å². The first-order valence-corrected chi connectivity index (χ1v) is 10.3. The van der Waals surface area contributed by atoms with Crippen molar-refractivity contribution in [1.82, 2.24) is 4.72 Å². The van der Waals surface area contributed by atoms with Crippen molar-refractivity contribution in [3.05, 3.63) is 59.2 Å². The first kappa shape index (κ1) is 19.5. The van der Waals surface area contributed by atoms with Gasteiger partial charge < -0.3 is 9.64 Å². The van der Waals surface area contributed by atoms with Crippen molar-refractivity contribution in [2.75, 3.05) is 24.6 Å². The number of nitrogens with one attached hydrogen (secondary N) is 1. The summed E-state index contributed by atoms with van der Waals surface area (Å²) in [5.41, 5.74) is 3.23. The van der Waals surface area contributed by atoms with Crippen LogP contribution in [0.25, 0.3) is 0 Å². The van der Waals surface area contributed by atoms with Crippen molar-refractivity contribution in [3.63, 3.8) is 0 Å². The Morgan fingerprint density at radius 2 is 1.74 bits per heavy atom. The van der Waals surface area contributed by atoms with E-state index in [-0.39, 0.29) is 19.1 Å². The number of amides is 1. The lowest BCUT2D eigenvalue weighted by Crippen LogP contribution is -2.50. The summed E-state index contributed by atoms with van der Waals surface area (Å²) in [5.74, 6) is -0.134. The summed E-state index contributed by atoms with van der Waals surface area (Å²) >= 11 is 0. The normalized spacial score (nSPS) is 18.0. The molecule has 27 heavy (non-hydrogen) atoms. The third kappa shape index (κ3) is 4.37. The molecular weight excluding hydrogens is 364 g/mol. The number of anilines is 1. The predicted molar refractivity (Wildman–Crippen MR) is 104 cm³/mol. The Balaban J connectivity index is 1.72. The summed E-state index contributed by atoms with van der Waals surface area (Å²) in [4.78, 5) is 14.1. The second kappa shape index (κ2) is 7.80. The molecular formula is C20H24N2O4S. The van der Waals surface area contributed by atoms with Crippen molar-refractivity contribution in [2.45, 2.75) is 31.8 Å². The van der Waals surface area contributed by atoms with Crippen molar-refractivity contribution in [3.8, 4) is 0 Å². The Hall–Kier alpha value is -2.22. The number of sulfonamides is 1. The topological polar surface area (TPSA) is 75.7 Å². The van der Waals surface area contributed by atoms with E-state index in [1.54, 1.807) is 18.7 Å². The van der Waals surface area contributed by atoms with Crippen molar-refractivity contribution in [2.24, 2.45) is 0 Å². The van der Waals surface area contributed by atoms with Crippen LogP contribution in [-0.4, -0.2) is 40.1 Å². The van der Waals surface area contributed by atoms with Gasteiger partial charge in [0.1, 0.15) is 6.61 Å². The molecule has 1 unspecified atom stereocenters. The number of ether oxygens (including phenoxy) is 1. The van der Waals surface area contributed by atoms with E-state index in [9.17, 15) is 13.2 Å². The Morgan fingerprint density at radius 1 is 1.11 bits per heavy atom. The smallest absolute Gasteiger partial charge is 0.253 e. The minimum absolute atomic E-state index is 0.0656. The largest absolute Gasteiger partial charge is 0.365 e. The fourth-order valence-corrected chi connectivity index (χ4v) is 4.99. The highest BCUT2D eigenvalue weighted by Gasteiger charge is 2.29. The van der Waals surface area contributed by atoms with Gasteiger partial charge in [0.25, 0.3) is 5.91 Å². The molecule has 1 aliphatic rings. The molecule has 6 nitrogen and oxygen atoms in total. The highest BCUT2D eigenvalue weighted by Crippen LogP contribution is 2.22. The van der Waals surface area contributed by atoms with Crippen molar-refractivity contribution >= 4 is 21.6 Å². The fraction of sp³-hybridized carbons (Fsp3) is 0.350. The molecule has 1 amide bonds. The lowest BCUT2D eigenvalue weighted by atomic mass is 10.1. The summed E-state index contributed by atoms with van der Waals surface area (Å²) < 4.78 is 33.8. The van der Waals surface area contributed by atoms with E-state index in [1.165, 1.54) is 0 Å². The first-order valence-electron chi connectivity index (χ1n) is 8.82. The number of rotatable bonds is 5. The molecule has 1 atom stereocenters. The summed E-state index contributed by atoms with van der Waals surface area (Å²) in [6.07, 6.45) is -0.413. The molecule has 1 fully saturated rings. The number of hydrogen-bond donors (Lipinski definition) is 1. The van der Waals surface area contributed by atoms with Crippen LogP contribution in [0.2, 0.25) is 0 Å². The Kier molecular flexibility index (Phi) is 5.64. The molecule has 1 aliphatic heterocycles. The van der Waals surface area contributed by atoms with Gasteiger partial charge in [0.05, 0.1) is 17.5 Å². The van der Waals surface area contributed by atoms with Crippen LogP contribution in [0.3, 0.4) is 0 Å². The highest BCUT2D eigenvalue weighted by atomic mass is 32.2. The number of morpholine rings is 1. The van der Waals surface area contributed by atoms with E-state index >= 15 is 0 Å². The lowest BCUT2D eigenvalue weighted by Gasteiger charge is -2.32. The molecule has 2 aromatic rings. The molecule has 3 rings (SSSR count). The second-order valence-corrected chi connectivity index (χ2v) is 8.56. The van der Waals surface area contributed by atoms with Gasteiger partial charge in [-0.25, -0.2) is 13.1 Å². The average Bonchev–Trinajstić information content (AvgIpc) is 2.60. The van der Waals surface area contributed by atoms with E-state index in [1.807, 2.05) is 49.4 Å². The monoisotopic (exact) mass is 388 g/mol. The zero-order valence-corrected chi connectivity index (χ0v) is 16.5. The van der Waals surface area contributed by atoms with Gasteiger partial charge in [-0.2, -0.15) is 0 Å². The van der Waals surface area contributed by atoms with Gasteiger partial charge >= 0.3 is 0 Å². The number of para-hydroxylation sites is 1. The van der Waals surface area contributed by atoms with Crippen molar-refractivity contribution in [1.29, 1.82) is 0 Å². The maximum Gasteiger partial charge on any atom is 0.253 e. The molecule has 0 spiro atoms. The molecule has 1 saturated heterocycles. The van der Waals surface area contributed by atoms with E-state index in [0.29, 0.717) is 22.6 Å². The van der Waals surface area contributed by atoms with Gasteiger partial charge in [-0.15, -0.1) is 0 Å². The van der Waals surface area contributed by atoms with Crippen LogP contribution in [0, 0.1) is 20.8 Å². The highest BCUT2D eigenvalue weighted by molar-refractivity contribution is 7.89. The zero-order valence-electron chi connectivity index (χ0n) is 15.7. The van der Waals surface area contributed by atoms with Crippen LogP contribution in [0.5, 0.6) is 0 Å². The van der Waals surface area contributed by atoms with Crippen molar-refractivity contribution < 1.29 is 17.9 Å². The molecule has 1 heterocycles. The number of aryl methyl sites for hydroxylation is 3. The first-order chi connectivity index (χ1) is 12.8. The average molecular weight is 388 g/mol. The third-order valence-corrected chi connectivity index (χ3v) is 6.30. The molecule has 0 radical (unpaired) electrons. The predicted octanol–water partition coefficient (Wildman–Crippen LogP) is 2.32. The number of benzene rings is 2. The maximum absolute atomic E-state index is 12.8. The van der Waals surface area contributed by atoms with E-state index in [4.69, 9.17) is 4.74 Å². The Morgan fingerprint density at radius 3 is 2.37 bits per heavy atom. The fourth-order valence-electron chi connectivity index (χ4n) is 3.47. The lowest BCUT2D eigenvalue weighted by molar-refractivity contribution is -0.129. The summed E-state index contributed by atoms with van der Waals surface area (Å²) in [6, 6.07) is 13.0. The standard InChI is InChI=1S/C20H24N2O4S/c1-14-9-15(2)20(16(3)10-14)27(24,25)21-11-18-12-22(19(23)13-26-18)17-7-5-4-6-8-17/h4-10,18,21H,11-13H2,1-3H3. The van der Waals surface area contributed by atoms with Crippen LogP contribution in [0.1, 0.15) is 16.7 Å². The summed E-state index contributed by atoms with van der Waals surface area (Å²) in [7, 11) is -3.67. The summed E-state index contributed by atoms with van der Waals surface area (Å²) in [5, 5.41) is 0. The SMILES string of the molecule is Cc1cc(C)c(S(=O)(=O)NCC2CN(c3ccccc3)C(=O)CO2)c(C)c1. The van der Waals surface area contributed by atoms with Gasteiger partial charge in [-0.3, -0.25) is 4.79 Å².